The van der Waals surface area contributed by atoms with E-state index >= 15 is 0 Å². The molecule has 2 saturated heterocycles. The second-order valence-corrected chi connectivity index (χ2v) is 10.1. The first kappa shape index (κ1) is 23.4. The van der Waals surface area contributed by atoms with Gasteiger partial charge in [0.05, 0.1) is 0 Å². The predicted octanol–water partition coefficient (Wildman–Crippen LogP) is 3.81. The Morgan fingerprint density at radius 1 is 1.09 bits per heavy atom. The number of benzene rings is 2. The molecule has 2 aliphatic heterocycles. The molecular formula is C26H27ClN4O4. The van der Waals surface area contributed by atoms with Crippen molar-refractivity contribution in [3.63, 3.8) is 0 Å². The van der Waals surface area contributed by atoms with E-state index in [-0.39, 0.29) is 17.9 Å². The molecule has 2 aromatic carbocycles. The van der Waals surface area contributed by atoms with E-state index in [1.807, 2.05) is 0 Å². The maximum Gasteiger partial charge on any atom is 0.322 e. The summed E-state index contributed by atoms with van der Waals surface area (Å²) >= 11 is 6.13. The van der Waals surface area contributed by atoms with Gasteiger partial charge >= 0.3 is 6.03 Å². The standard InChI is InChI=1S/C26H27ClN4O4/c1-26(24(34)29-25(35)30-26)17-9-11-19(12-10-17)28-22(32)21-14-15-5-2-3-8-20(15)31(21)23(33)16-6-4-7-18(27)13-16/h4,6-7,9-13,15,20-21H,2-3,5,8,14H2,1H3,(H,28,32)(H2,29,30,34,35)/t15-,20-,21-,26?/m0/s1. The molecule has 3 N–H and O–H groups in total. The molecule has 1 saturated carbocycles. The predicted molar refractivity (Wildman–Crippen MR) is 131 cm³/mol. The van der Waals surface area contributed by atoms with Crippen LogP contribution in [0.25, 0.3) is 0 Å². The fourth-order valence-electron chi connectivity index (χ4n) is 5.62. The van der Waals surface area contributed by atoms with Crippen LogP contribution in [0.4, 0.5) is 10.5 Å². The van der Waals surface area contributed by atoms with Crippen molar-refractivity contribution in [1.82, 2.24) is 15.5 Å². The van der Waals surface area contributed by atoms with Crippen LogP contribution < -0.4 is 16.0 Å². The summed E-state index contributed by atoms with van der Waals surface area (Å²) in [5.74, 6) is -0.536. The first-order valence-corrected chi connectivity index (χ1v) is 12.3. The summed E-state index contributed by atoms with van der Waals surface area (Å²) in [6, 6.07) is 12.6. The van der Waals surface area contributed by atoms with Gasteiger partial charge in [-0.15, -0.1) is 0 Å². The number of hydrogen-bond donors (Lipinski definition) is 3. The van der Waals surface area contributed by atoms with E-state index in [4.69, 9.17) is 11.6 Å². The number of rotatable bonds is 4. The Labute approximate surface area is 208 Å². The van der Waals surface area contributed by atoms with Crippen molar-refractivity contribution in [2.75, 3.05) is 5.32 Å². The number of carbonyl (C=O) groups is 4. The summed E-state index contributed by atoms with van der Waals surface area (Å²) in [5.41, 5.74) is 0.470. The Balaban J connectivity index is 1.36. The molecule has 4 atom stereocenters. The lowest BCUT2D eigenvalue weighted by molar-refractivity contribution is -0.123. The molecule has 0 spiro atoms. The molecule has 8 nitrogen and oxygen atoms in total. The van der Waals surface area contributed by atoms with Crippen LogP contribution in [0.3, 0.4) is 0 Å². The molecule has 1 aliphatic carbocycles. The number of likely N-dealkylation sites (tertiary alicyclic amines) is 1. The number of carbonyl (C=O) groups excluding carboxylic acids is 4. The lowest BCUT2D eigenvalue weighted by Crippen LogP contribution is -2.47. The van der Waals surface area contributed by atoms with Crippen molar-refractivity contribution in [1.29, 1.82) is 0 Å². The number of nitrogens with one attached hydrogen (secondary N) is 3. The van der Waals surface area contributed by atoms with Gasteiger partial charge in [-0.05, 0) is 68.0 Å². The third kappa shape index (κ3) is 4.27. The van der Waals surface area contributed by atoms with Gasteiger partial charge < -0.3 is 15.5 Å². The fraction of sp³-hybridized carbons (Fsp3) is 0.385. The Kier molecular flexibility index (Phi) is 6.01. The highest BCUT2D eigenvalue weighted by Crippen LogP contribution is 2.41. The van der Waals surface area contributed by atoms with E-state index in [1.165, 1.54) is 0 Å². The SMILES string of the molecule is CC1(c2ccc(NC(=O)[C@@H]3C[C@@H]4CCCC[C@@H]4N3C(=O)c3cccc(Cl)c3)cc2)NC(=O)NC1=O. The van der Waals surface area contributed by atoms with E-state index in [9.17, 15) is 19.2 Å². The molecule has 9 heteroatoms. The molecule has 0 aromatic heterocycles. The molecule has 35 heavy (non-hydrogen) atoms. The molecular weight excluding hydrogens is 468 g/mol. The normalized spacial score (nSPS) is 27.7. The van der Waals surface area contributed by atoms with Crippen molar-refractivity contribution < 1.29 is 19.2 Å². The molecule has 2 heterocycles. The zero-order chi connectivity index (χ0) is 24.7. The number of nitrogens with zero attached hydrogens (tertiary/aromatic N) is 1. The van der Waals surface area contributed by atoms with Gasteiger partial charge in [-0.25, -0.2) is 4.79 Å². The van der Waals surface area contributed by atoms with Gasteiger partial charge in [-0.3, -0.25) is 19.7 Å². The van der Waals surface area contributed by atoms with Crippen LogP contribution in [0, 0.1) is 5.92 Å². The van der Waals surface area contributed by atoms with Crippen LogP contribution in [-0.4, -0.2) is 40.7 Å². The van der Waals surface area contributed by atoms with Crippen molar-refractivity contribution >= 4 is 41.0 Å². The van der Waals surface area contributed by atoms with Gasteiger partial charge in [-0.1, -0.05) is 42.6 Å². The maximum absolute atomic E-state index is 13.5. The number of halogens is 1. The molecule has 0 bridgehead atoms. The highest BCUT2D eigenvalue weighted by Gasteiger charge is 2.48. The average molecular weight is 495 g/mol. The van der Waals surface area contributed by atoms with E-state index in [0.717, 1.165) is 25.7 Å². The zero-order valence-corrected chi connectivity index (χ0v) is 20.1. The molecule has 0 radical (unpaired) electrons. The van der Waals surface area contributed by atoms with Gasteiger partial charge in [0.1, 0.15) is 11.6 Å². The number of imide groups is 1. The summed E-state index contributed by atoms with van der Waals surface area (Å²) in [6.07, 6.45) is 4.68. The Morgan fingerprint density at radius 3 is 2.51 bits per heavy atom. The fourth-order valence-corrected chi connectivity index (χ4v) is 5.81. The van der Waals surface area contributed by atoms with Gasteiger partial charge in [-0.2, -0.15) is 0 Å². The molecule has 1 unspecified atom stereocenters. The van der Waals surface area contributed by atoms with Gasteiger partial charge in [0.15, 0.2) is 0 Å². The van der Waals surface area contributed by atoms with Crippen molar-refractivity contribution in [2.45, 2.75) is 56.7 Å². The maximum atomic E-state index is 13.5. The van der Waals surface area contributed by atoms with Gasteiger partial charge in [0.2, 0.25) is 5.91 Å². The zero-order valence-electron chi connectivity index (χ0n) is 19.3. The second-order valence-electron chi connectivity index (χ2n) is 9.69. The molecule has 3 aliphatic rings. The Hall–Kier alpha value is -3.39. The van der Waals surface area contributed by atoms with E-state index in [2.05, 4.69) is 16.0 Å². The minimum atomic E-state index is -1.17. The largest absolute Gasteiger partial charge is 0.324 e. The van der Waals surface area contributed by atoms with Crippen LogP contribution in [0.1, 0.15) is 54.9 Å². The molecule has 182 valence electrons. The monoisotopic (exact) mass is 494 g/mol. The number of amides is 5. The van der Waals surface area contributed by atoms with E-state index in [0.29, 0.717) is 34.2 Å². The number of urea groups is 1. The average Bonchev–Trinajstić information content (AvgIpc) is 3.35. The molecule has 5 rings (SSSR count). The summed E-state index contributed by atoms with van der Waals surface area (Å²) < 4.78 is 0. The molecule has 2 aromatic rings. The topological polar surface area (TPSA) is 108 Å². The summed E-state index contributed by atoms with van der Waals surface area (Å²) in [5, 5.41) is 8.30. The highest BCUT2D eigenvalue weighted by atomic mass is 35.5. The molecule has 5 amide bonds. The minimum Gasteiger partial charge on any atom is -0.324 e. The van der Waals surface area contributed by atoms with E-state index in [1.54, 1.807) is 60.4 Å². The second kappa shape index (κ2) is 9.00. The van der Waals surface area contributed by atoms with E-state index < -0.39 is 23.5 Å². The Bertz CT molecular complexity index is 1200. The van der Waals surface area contributed by atoms with Crippen LogP contribution in [-0.2, 0) is 15.1 Å². The number of anilines is 1. The summed E-state index contributed by atoms with van der Waals surface area (Å²) in [6.45, 7) is 1.63. The number of hydrogen-bond acceptors (Lipinski definition) is 4. The lowest BCUT2D eigenvalue weighted by atomic mass is 9.84. The third-order valence-corrected chi connectivity index (χ3v) is 7.71. The third-order valence-electron chi connectivity index (χ3n) is 7.47. The van der Waals surface area contributed by atoms with Crippen molar-refractivity contribution in [2.24, 2.45) is 5.92 Å². The minimum absolute atomic E-state index is 0.0396. The molecule has 3 fully saturated rings. The lowest BCUT2D eigenvalue weighted by Gasteiger charge is -2.33. The smallest absolute Gasteiger partial charge is 0.322 e. The number of fused-ring (bicyclic) bond motifs is 1. The van der Waals surface area contributed by atoms with Crippen molar-refractivity contribution in [3.8, 4) is 0 Å². The quantitative estimate of drug-likeness (QED) is 0.562. The van der Waals surface area contributed by atoms with Crippen molar-refractivity contribution in [3.05, 3.63) is 64.7 Å². The van der Waals surface area contributed by atoms with Gasteiger partial charge in [0, 0.05) is 22.3 Å². The van der Waals surface area contributed by atoms with Crippen LogP contribution in [0.5, 0.6) is 0 Å². The first-order chi connectivity index (χ1) is 16.8. The summed E-state index contributed by atoms with van der Waals surface area (Å²) in [7, 11) is 0. The Morgan fingerprint density at radius 2 is 1.83 bits per heavy atom. The summed E-state index contributed by atoms with van der Waals surface area (Å²) in [4.78, 5) is 52.5. The van der Waals surface area contributed by atoms with Crippen LogP contribution in [0.15, 0.2) is 48.5 Å². The first-order valence-electron chi connectivity index (χ1n) is 11.9. The van der Waals surface area contributed by atoms with Crippen LogP contribution in [0.2, 0.25) is 5.02 Å². The van der Waals surface area contributed by atoms with Crippen LogP contribution >= 0.6 is 11.6 Å². The van der Waals surface area contributed by atoms with Gasteiger partial charge in [0.25, 0.3) is 11.8 Å². The highest BCUT2D eigenvalue weighted by molar-refractivity contribution is 6.31.